The van der Waals surface area contributed by atoms with Gasteiger partial charge in [-0.3, -0.25) is 9.59 Å². The summed E-state index contributed by atoms with van der Waals surface area (Å²) in [6.07, 6.45) is -0.814. The molecule has 0 fully saturated rings. The minimum atomic E-state index is -2.03. The summed E-state index contributed by atoms with van der Waals surface area (Å²) >= 11 is 0. The molecule has 0 saturated carbocycles. The van der Waals surface area contributed by atoms with Crippen molar-refractivity contribution in [2.75, 3.05) is 6.54 Å². The quantitative estimate of drug-likeness (QED) is 0.202. The van der Waals surface area contributed by atoms with Crippen LogP contribution in [-0.4, -0.2) is 52.9 Å². The summed E-state index contributed by atoms with van der Waals surface area (Å²) in [5, 5.41) is 14.5. The molecule has 5 rings (SSSR count). The van der Waals surface area contributed by atoms with Gasteiger partial charge in [-0.15, -0.1) is 0 Å². The van der Waals surface area contributed by atoms with Crippen LogP contribution in [0.2, 0.25) is 19.6 Å². The van der Waals surface area contributed by atoms with E-state index in [1.807, 2.05) is 0 Å². The smallest absolute Gasteiger partial charge is 0.408 e. The molecule has 2 aliphatic rings. The van der Waals surface area contributed by atoms with Crippen molar-refractivity contribution in [2.45, 2.75) is 78.1 Å². The molecular formula is C30H35N3O8Si. The number of phenols is 1. The Labute approximate surface area is 243 Å². The van der Waals surface area contributed by atoms with E-state index >= 15 is 0 Å². The lowest BCUT2D eigenvalue weighted by atomic mass is 9.85. The van der Waals surface area contributed by atoms with E-state index in [-0.39, 0.29) is 42.0 Å². The minimum absolute atomic E-state index is 0.00264. The number of esters is 2. The molecule has 0 aliphatic carbocycles. The third-order valence-electron chi connectivity index (χ3n) is 7.45. The zero-order valence-electron chi connectivity index (χ0n) is 24.8. The van der Waals surface area contributed by atoms with E-state index in [1.54, 1.807) is 56.5 Å². The number of carbonyl (C=O) groups is 3. The monoisotopic (exact) mass is 593 g/mol. The van der Waals surface area contributed by atoms with Crippen molar-refractivity contribution in [3.05, 3.63) is 51.3 Å². The van der Waals surface area contributed by atoms with Gasteiger partial charge in [0.15, 0.2) is 0 Å². The van der Waals surface area contributed by atoms with Crippen molar-refractivity contribution >= 4 is 42.2 Å². The van der Waals surface area contributed by atoms with Crippen LogP contribution < -0.4 is 16.1 Å². The molecule has 222 valence electrons. The minimum Gasteiger partial charge on any atom is -0.508 e. The van der Waals surface area contributed by atoms with Crippen LogP contribution in [0.5, 0.6) is 5.75 Å². The molecule has 3 aromatic rings. The molecule has 1 aromatic carbocycles. The first-order valence-electron chi connectivity index (χ1n) is 13.9. The average molecular weight is 594 g/mol. The maximum Gasteiger partial charge on any atom is 0.408 e. The summed E-state index contributed by atoms with van der Waals surface area (Å²) in [5.41, 5.74) is 0.174. The van der Waals surface area contributed by atoms with Crippen LogP contribution in [0.4, 0.5) is 4.79 Å². The number of ether oxygens (including phenoxy) is 3. The van der Waals surface area contributed by atoms with Gasteiger partial charge >= 0.3 is 18.0 Å². The van der Waals surface area contributed by atoms with Gasteiger partial charge in [-0.25, -0.2) is 14.6 Å². The van der Waals surface area contributed by atoms with Gasteiger partial charge in [0.1, 0.15) is 24.5 Å². The summed E-state index contributed by atoms with van der Waals surface area (Å²) in [5.74, 6) is -1.55. The lowest BCUT2D eigenvalue weighted by Gasteiger charge is -2.35. The van der Waals surface area contributed by atoms with Crippen molar-refractivity contribution in [3.63, 3.8) is 0 Å². The number of hydrogen-bond acceptors (Lipinski definition) is 9. The molecule has 1 atom stereocenters. The van der Waals surface area contributed by atoms with Crippen LogP contribution in [0.15, 0.2) is 29.1 Å². The van der Waals surface area contributed by atoms with E-state index in [2.05, 4.69) is 25.0 Å². The summed E-state index contributed by atoms with van der Waals surface area (Å²) in [6.45, 7) is 12.8. The Balaban J connectivity index is 1.61. The number of fused-ring (bicyclic) bond motifs is 5. The molecule has 0 saturated heterocycles. The van der Waals surface area contributed by atoms with E-state index in [1.165, 1.54) is 0 Å². The fourth-order valence-corrected chi connectivity index (χ4v) is 7.88. The molecule has 0 radical (unpaired) electrons. The molecular weight excluding hydrogens is 558 g/mol. The van der Waals surface area contributed by atoms with E-state index in [4.69, 9.17) is 19.2 Å². The van der Waals surface area contributed by atoms with Crippen molar-refractivity contribution in [1.82, 2.24) is 14.9 Å². The number of alkyl carbamates (subject to hydrolysis) is 1. The van der Waals surface area contributed by atoms with Gasteiger partial charge in [0, 0.05) is 10.9 Å². The zero-order valence-corrected chi connectivity index (χ0v) is 25.8. The highest BCUT2D eigenvalue weighted by Gasteiger charge is 2.50. The number of carbonyl (C=O) groups excluding carboxylic acids is 3. The molecule has 2 N–H and O–H groups in total. The molecule has 0 bridgehead atoms. The topological polar surface area (TPSA) is 146 Å². The molecule has 1 unspecified atom stereocenters. The Hall–Kier alpha value is -4.19. The summed E-state index contributed by atoms with van der Waals surface area (Å²) in [6, 6.07) is 6.75. The molecule has 42 heavy (non-hydrogen) atoms. The Bertz CT molecular complexity index is 1720. The van der Waals surface area contributed by atoms with Crippen molar-refractivity contribution in [2.24, 2.45) is 0 Å². The number of amides is 1. The highest BCUT2D eigenvalue weighted by Crippen LogP contribution is 2.41. The number of aromatic nitrogens is 2. The van der Waals surface area contributed by atoms with E-state index in [0.29, 0.717) is 16.9 Å². The Morgan fingerprint density at radius 3 is 2.52 bits per heavy atom. The Morgan fingerprint density at radius 1 is 1.17 bits per heavy atom. The number of cyclic esters (lactones) is 1. The van der Waals surface area contributed by atoms with Gasteiger partial charge < -0.3 is 29.2 Å². The van der Waals surface area contributed by atoms with E-state index in [0.717, 1.165) is 16.1 Å². The fraction of sp³-hybridized carbons (Fsp3) is 0.433. The summed E-state index contributed by atoms with van der Waals surface area (Å²) in [7, 11) is -2.03. The first-order valence-corrected chi connectivity index (χ1v) is 17.4. The maximum absolute atomic E-state index is 13.9. The SMILES string of the molecule is CCC1(OC(=O)CNC(=O)OC(C)(C)C)C(=O)OCc2c1cc1n(c2=O)Cc2c-1nc1ccc(O)cc1c2[Si](C)(C)C. The number of nitrogens with one attached hydrogen (secondary N) is 1. The lowest BCUT2D eigenvalue weighted by molar-refractivity contribution is -0.188. The molecule has 2 aliphatic heterocycles. The van der Waals surface area contributed by atoms with Crippen LogP contribution in [-0.2, 0) is 42.6 Å². The number of hydrogen-bond donors (Lipinski definition) is 2. The van der Waals surface area contributed by atoms with Crippen molar-refractivity contribution < 1.29 is 33.7 Å². The number of benzene rings is 1. The van der Waals surface area contributed by atoms with Gasteiger partial charge in [0.25, 0.3) is 5.56 Å². The second-order valence-corrected chi connectivity index (χ2v) is 17.7. The van der Waals surface area contributed by atoms with Gasteiger partial charge in [-0.05, 0) is 62.2 Å². The van der Waals surface area contributed by atoms with E-state index in [9.17, 15) is 24.3 Å². The standard InChI is InChI=1S/C30H35N3O8Si/c1-8-30(40-23(35)13-31-28(38)41-29(2,3)4)20-12-22-24-18(14-33(22)26(36)19(20)15-39-27(30)37)25(42(5,6)7)17-11-16(34)9-10-21(17)32-24/h9-12,34H,8,13-15H2,1-7H3,(H,31,38). The highest BCUT2D eigenvalue weighted by molar-refractivity contribution is 6.90. The zero-order chi connectivity index (χ0) is 30.8. The Kier molecular flexibility index (Phi) is 6.95. The number of phenolic OH excluding ortho intramolecular Hbond substituents is 1. The second-order valence-electron chi connectivity index (χ2n) is 12.7. The number of nitrogens with zero attached hydrogens (tertiary/aromatic N) is 2. The first-order chi connectivity index (χ1) is 19.6. The van der Waals surface area contributed by atoms with Crippen molar-refractivity contribution in [3.8, 4) is 17.1 Å². The van der Waals surface area contributed by atoms with Crippen LogP contribution in [0.1, 0.15) is 50.8 Å². The van der Waals surface area contributed by atoms with E-state index < -0.39 is 43.9 Å². The molecule has 0 spiro atoms. The van der Waals surface area contributed by atoms with Crippen molar-refractivity contribution in [1.29, 1.82) is 0 Å². The van der Waals surface area contributed by atoms with Crippen LogP contribution in [0.3, 0.4) is 0 Å². The predicted octanol–water partition coefficient (Wildman–Crippen LogP) is 3.41. The number of aromatic hydroxyl groups is 1. The van der Waals surface area contributed by atoms with Gasteiger partial charge in [0.05, 0.1) is 37.1 Å². The molecule has 1 amide bonds. The van der Waals surface area contributed by atoms with Gasteiger partial charge in [-0.1, -0.05) is 26.6 Å². The largest absolute Gasteiger partial charge is 0.508 e. The third kappa shape index (κ3) is 4.93. The van der Waals surface area contributed by atoms with Crippen LogP contribution >= 0.6 is 0 Å². The lowest BCUT2D eigenvalue weighted by Crippen LogP contribution is -2.49. The number of rotatable bonds is 5. The maximum atomic E-state index is 13.9. The molecule has 12 heteroatoms. The summed E-state index contributed by atoms with van der Waals surface area (Å²) < 4.78 is 17.9. The van der Waals surface area contributed by atoms with Gasteiger partial charge in [-0.2, -0.15) is 0 Å². The predicted molar refractivity (Wildman–Crippen MR) is 157 cm³/mol. The van der Waals surface area contributed by atoms with Crippen LogP contribution in [0, 0.1) is 0 Å². The van der Waals surface area contributed by atoms with Gasteiger partial charge in [0.2, 0.25) is 5.60 Å². The Morgan fingerprint density at radius 2 is 1.88 bits per heavy atom. The third-order valence-corrected chi connectivity index (χ3v) is 9.52. The normalized spacial score (nSPS) is 17.6. The average Bonchev–Trinajstić information content (AvgIpc) is 3.24. The second kappa shape index (κ2) is 9.97. The molecule has 4 heterocycles. The molecule has 11 nitrogen and oxygen atoms in total. The fourth-order valence-electron chi connectivity index (χ4n) is 5.77. The van der Waals surface area contributed by atoms with Crippen LogP contribution in [0.25, 0.3) is 22.3 Å². The first kappa shape index (κ1) is 29.3. The summed E-state index contributed by atoms with van der Waals surface area (Å²) in [4.78, 5) is 57.1. The molecule has 2 aromatic heterocycles. The number of pyridine rings is 2. The highest BCUT2D eigenvalue weighted by atomic mass is 28.3.